The lowest BCUT2D eigenvalue weighted by atomic mass is 10.1. The van der Waals surface area contributed by atoms with Crippen LogP contribution in [0.5, 0.6) is 0 Å². The minimum absolute atomic E-state index is 0.0463. The van der Waals surface area contributed by atoms with Gasteiger partial charge in [-0.25, -0.2) is 14.6 Å². The van der Waals surface area contributed by atoms with Crippen LogP contribution in [0.1, 0.15) is 18.5 Å². The fraction of sp³-hybridized carbons (Fsp3) is 0.214. The molecule has 114 valence electrons. The smallest absolute Gasteiger partial charge is 0.164 e. The minimum atomic E-state index is -0.0463. The Morgan fingerprint density at radius 3 is 2.77 bits per heavy atom. The maximum atomic E-state index is 6.26. The van der Waals surface area contributed by atoms with Gasteiger partial charge in [0.25, 0.3) is 0 Å². The number of benzene rings is 1. The van der Waals surface area contributed by atoms with Crippen LogP contribution in [0.25, 0.3) is 11.0 Å². The third-order valence-electron chi connectivity index (χ3n) is 3.36. The second kappa shape index (κ2) is 6.02. The van der Waals surface area contributed by atoms with Gasteiger partial charge in [-0.05, 0) is 40.5 Å². The molecular formula is C14H12BrCl2N5. The molecule has 0 saturated carbocycles. The van der Waals surface area contributed by atoms with Crippen molar-refractivity contribution in [2.24, 2.45) is 7.05 Å². The third kappa shape index (κ3) is 2.78. The van der Waals surface area contributed by atoms with Crippen molar-refractivity contribution in [3.63, 3.8) is 0 Å². The van der Waals surface area contributed by atoms with Crippen molar-refractivity contribution in [3.05, 3.63) is 44.7 Å². The Labute approximate surface area is 145 Å². The highest BCUT2D eigenvalue weighted by atomic mass is 79.9. The molecule has 0 aliphatic rings. The number of aromatic nitrogens is 4. The molecule has 1 atom stereocenters. The van der Waals surface area contributed by atoms with Gasteiger partial charge in [0.15, 0.2) is 5.65 Å². The molecule has 3 aromatic rings. The molecule has 0 fully saturated rings. The van der Waals surface area contributed by atoms with Crippen LogP contribution in [-0.2, 0) is 7.05 Å². The Morgan fingerprint density at radius 1 is 1.27 bits per heavy atom. The number of nitrogens with one attached hydrogen (secondary N) is 1. The molecule has 2 aromatic heterocycles. The summed E-state index contributed by atoms with van der Waals surface area (Å²) < 4.78 is 2.40. The predicted octanol–water partition coefficient (Wildman–Crippen LogP) is 4.61. The van der Waals surface area contributed by atoms with Gasteiger partial charge in [-0.2, -0.15) is 5.10 Å². The van der Waals surface area contributed by atoms with Gasteiger partial charge in [0, 0.05) is 17.1 Å². The van der Waals surface area contributed by atoms with E-state index in [4.69, 9.17) is 23.2 Å². The number of hydrogen-bond acceptors (Lipinski definition) is 4. The van der Waals surface area contributed by atoms with Crippen molar-refractivity contribution in [3.8, 4) is 0 Å². The fourth-order valence-electron chi connectivity index (χ4n) is 2.29. The van der Waals surface area contributed by atoms with Crippen molar-refractivity contribution < 1.29 is 0 Å². The number of halogens is 3. The van der Waals surface area contributed by atoms with Crippen molar-refractivity contribution >= 4 is 56.0 Å². The van der Waals surface area contributed by atoms with Gasteiger partial charge in [-0.1, -0.05) is 29.3 Å². The molecule has 1 aromatic carbocycles. The molecule has 1 N–H and O–H groups in total. The first-order valence-electron chi connectivity index (χ1n) is 6.52. The Bertz CT molecular complexity index is 849. The Kier molecular flexibility index (Phi) is 4.25. The molecular weight excluding hydrogens is 389 g/mol. The van der Waals surface area contributed by atoms with Gasteiger partial charge in [0.05, 0.1) is 11.4 Å². The van der Waals surface area contributed by atoms with E-state index in [0.717, 1.165) is 16.6 Å². The van der Waals surface area contributed by atoms with Gasteiger partial charge in [-0.3, -0.25) is 0 Å². The number of hydrogen-bond donors (Lipinski definition) is 1. The summed E-state index contributed by atoms with van der Waals surface area (Å²) in [5, 5.41) is 9.72. The molecule has 0 unspecified atom stereocenters. The van der Waals surface area contributed by atoms with E-state index in [1.807, 2.05) is 26.1 Å². The van der Waals surface area contributed by atoms with Crippen LogP contribution in [-0.4, -0.2) is 19.7 Å². The zero-order chi connectivity index (χ0) is 15.9. The van der Waals surface area contributed by atoms with Crippen molar-refractivity contribution in [1.82, 2.24) is 19.7 Å². The third-order valence-corrected chi connectivity index (χ3v) is 4.48. The largest absolute Gasteiger partial charge is 0.363 e. The van der Waals surface area contributed by atoms with E-state index in [0.29, 0.717) is 20.5 Å². The first-order valence-corrected chi connectivity index (χ1v) is 8.07. The lowest BCUT2D eigenvalue weighted by Crippen LogP contribution is -2.09. The molecule has 3 rings (SSSR count). The number of fused-ring (bicyclic) bond motifs is 1. The maximum Gasteiger partial charge on any atom is 0.164 e. The van der Waals surface area contributed by atoms with Crippen LogP contribution in [0, 0.1) is 0 Å². The van der Waals surface area contributed by atoms with Crippen LogP contribution in [0.2, 0.25) is 10.0 Å². The molecule has 0 spiro atoms. The summed E-state index contributed by atoms with van der Waals surface area (Å²) in [6.45, 7) is 2.01. The Balaban J connectivity index is 1.99. The fourth-order valence-corrected chi connectivity index (χ4v) is 3.46. The highest BCUT2D eigenvalue weighted by molar-refractivity contribution is 9.10. The molecule has 0 aliphatic carbocycles. The summed E-state index contributed by atoms with van der Waals surface area (Å²) in [6, 6.07) is 5.40. The molecule has 0 bridgehead atoms. The second-order valence-corrected chi connectivity index (χ2v) is 6.46. The highest BCUT2D eigenvalue weighted by Gasteiger charge is 2.16. The van der Waals surface area contributed by atoms with E-state index < -0.39 is 0 Å². The van der Waals surface area contributed by atoms with Gasteiger partial charge >= 0.3 is 0 Å². The first-order chi connectivity index (χ1) is 10.5. The summed E-state index contributed by atoms with van der Waals surface area (Å²) in [5.74, 6) is 0.698. The summed E-state index contributed by atoms with van der Waals surface area (Å²) in [7, 11) is 1.84. The Morgan fingerprint density at radius 2 is 2.05 bits per heavy atom. The summed E-state index contributed by atoms with van der Waals surface area (Å²) in [4.78, 5) is 8.57. The van der Waals surface area contributed by atoms with E-state index in [9.17, 15) is 0 Å². The average molecular weight is 401 g/mol. The minimum Gasteiger partial charge on any atom is -0.363 e. The predicted molar refractivity (Wildman–Crippen MR) is 92.5 cm³/mol. The maximum absolute atomic E-state index is 6.26. The van der Waals surface area contributed by atoms with E-state index in [-0.39, 0.29) is 6.04 Å². The number of aryl methyl sites for hydroxylation is 1. The monoisotopic (exact) mass is 399 g/mol. The zero-order valence-corrected chi connectivity index (χ0v) is 14.9. The first kappa shape index (κ1) is 15.5. The summed E-state index contributed by atoms with van der Waals surface area (Å²) in [5.41, 5.74) is 1.69. The molecule has 8 heteroatoms. The van der Waals surface area contributed by atoms with E-state index in [1.54, 1.807) is 10.7 Å². The number of nitrogens with zero attached hydrogens (tertiary/aromatic N) is 4. The molecule has 5 nitrogen and oxygen atoms in total. The van der Waals surface area contributed by atoms with E-state index in [2.05, 4.69) is 36.3 Å². The SMILES string of the molecule is C[C@H](Nc1ncnc2c1c(Br)nn2C)c1ccc(Cl)cc1Cl. The van der Waals surface area contributed by atoms with Crippen LogP contribution < -0.4 is 5.32 Å². The van der Waals surface area contributed by atoms with Crippen LogP contribution >= 0.6 is 39.1 Å². The van der Waals surface area contributed by atoms with Crippen LogP contribution in [0.3, 0.4) is 0 Å². The zero-order valence-electron chi connectivity index (χ0n) is 11.8. The van der Waals surface area contributed by atoms with Gasteiger partial charge in [0.2, 0.25) is 0 Å². The van der Waals surface area contributed by atoms with Gasteiger partial charge < -0.3 is 5.32 Å². The lowest BCUT2D eigenvalue weighted by Gasteiger charge is -2.17. The van der Waals surface area contributed by atoms with Crippen LogP contribution in [0.4, 0.5) is 5.82 Å². The van der Waals surface area contributed by atoms with Crippen molar-refractivity contribution in [1.29, 1.82) is 0 Å². The average Bonchev–Trinajstić information content (AvgIpc) is 2.75. The molecule has 0 amide bonds. The quantitative estimate of drug-likeness (QED) is 0.697. The van der Waals surface area contributed by atoms with Gasteiger partial charge in [-0.15, -0.1) is 0 Å². The topological polar surface area (TPSA) is 55.6 Å². The molecule has 2 heterocycles. The summed E-state index contributed by atoms with van der Waals surface area (Å²) in [6.07, 6.45) is 1.51. The standard InChI is InChI=1S/C14H12BrCl2N5/c1-7(9-4-3-8(16)5-10(9)17)20-13-11-12(15)21-22(2)14(11)19-6-18-13/h3-7H,1-2H3,(H,18,19,20)/t7-/m0/s1. The normalized spacial score (nSPS) is 12.6. The van der Waals surface area contributed by atoms with E-state index >= 15 is 0 Å². The van der Waals surface area contributed by atoms with Crippen molar-refractivity contribution in [2.75, 3.05) is 5.32 Å². The molecule has 22 heavy (non-hydrogen) atoms. The van der Waals surface area contributed by atoms with E-state index in [1.165, 1.54) is 6.33 Å². The molecule has 0 aliphatic heterocycles. The van der Waals surface area contributed by atoms with Crippen LogP contribution in [0.15, 0.2) is 29.1 Å². The highest BCUT2D eigenvalue weighted by Crippen LogP contribution is 2.32. The number of anilines is 1. The molecule has 0 radical (unpaired) electrons. The summed E-state index contributed by atoms with van der Waals surface area (Å²) >= 11 is 15.6. The van der Waals surface area contributed by atoms with Gasteiger partial charge in [0.1, 0.15) is 16.7 Å². The Hall–Kier alpha value is -1.37. The lowest BCUT2D eigenvalue weighted by molar-refractivity contribution is 0.777. The number of rotatable bonds is 3. The van der Waals surface area contributed by atoms with Crippen molar-refractivity contribution in [2.45, 2.75) is 13.0 Å². The second-order valence-electron chi connectivity index (χ2n) is 4.87. The molecule has 0 saturated heterocycles.